The molecule has 10 heteroatoms. The number of rotatable bonds is 3. The second-order valence-corrected chi connectivity index (χ2v) is 6.88. The number of halogens is 3. The summed E-state index contributed by atoms with van der Waals surface area (Å²) in [6, 6.07) is 2.50. The highest BCUT2D eigenvalue weighted by Crippen LogP contribution is 2.28. The van der Waals surface area contributed by atoms with Gasteiger partial charge in [0.1, 0.15) is 15.1 Å². The smallest absolute Gasteiger partial charge is 0.266 e. The average molecular weight is 369 g/mol. The fourth-order valence-corrected chi connectivity index (χ4v) is 3.51. The van der Waals surface area contributed by atoms with Crippen LogP contribution in [0.4, 0.5) is 5.69 Å². The number of sulfonamides is 1. The third-order valence-electron chi connectivity index (χ3n) is 2.52. The molecule has 0 aromatic carbocycles. The number of H-pyrrole nitrogens is 1. The molecule has 2 N–H and O–H groups in total. The van der Waals surface area contributed by atoms with Gasteiger partial charge < -0.3 is 4.98 Å². The van der Waals surface area contributed by atoms with E-state index in [1.54, 1.807) is 6.92 Å². The van der Waals surface area contributed by atoms with E-state index in [0.29, 0.717) is 5.56 Å². The molecule has 6 nitrogen and oxygen atoms in total. The lowest BCUT2D eigenvalue weighted by Crippen LogP contribution is -2.17. The van der Waals surface area contributed by atoms with Crippen LogP contribution in [0.3, 0.4) is 0 Å². The van der Waals surface area contributed by atoms with Crippen molar-refractivity contribution in [3.05, 3.63) is 49.6 Å². The molecule has 21 heavy (non-hydrogen) atoms. The summed E-state index contributed by atoms with van der Waals surface area (Å²) in [6.45, 7) is 1.62. The van der Waals surface area contributed by atoms with Crippen molar-refractivity contribution < 1.29 is 8.42 Å². The predicted octanol–water partition coefficient (Wildman–Crippen LogP) is 2.84. The van der Waals surface area contributed by atoms with Gasteiger partial charge in [0.15, 0.2) is 5.15 Å². The zero-order valence-electron chi connectivity index (χ0n) is 10.4. The lowest BCUT2D eigenvalue weighted by Gasteiger charge is -2.12. The maximum absolute atomic E-state index is 12.2. The molecule has 0 aliphatic rings. The lowest BCUT2D eigenvalue weighted by molar-refractivity contribution is 0.600. The fraction of sp³-hybridized carbons (Fsp3) is 0.0909. The Bertz CT molecular complexity index is 841. The summed E-state index contributed by atoms with van der Waals surface area (Å²) >= 11 is 17.2. The molecule has 2 aromatic heterocycles. The van der Waals surface area contributed by atoms with Crippen molar-refractivity contribution in [2.24, 2.45) is 0 Å². The Morgan fingerprint density at radius 2 is 1.90 bits per heavy atom. The van der Waals surface area contributed by atoms with Crippen molar-refractivity contribution in [3.63, 3.8) is 0 Å². The van der Waals surface area contributed by atoms with E-state index in [9.17, 15) is 13.2 Å². The summed E-state index contributed by atoms with van der Waals surface area (Å²) in [4.78, 5) is 16.9. The number of nitrogens with zero attached hydrogens (tertiary/aromatic N) is 1. The molecule has 0 bridgehead atoms. The van der Waals surface area contributed by atoms with Gasteiger partial charge >= 0.3 is 0 Å². The van der Waals surface area contributed by atoms with E-state index < -0.39 is 15.6 Å². The predicted molar refractivity (Wildman–Crippen MR) is 81.9 cm³/mol. The Morgan fingerprint density at radius 1 is 1.24 bits per heavy atom. The number of hydrogen-bond acceptors (Lipinski definition) is 4. The van der Waals surface area contributed by atoms with Gasteiger partial charge in [-0.3, -0.25) is 9.52 Å². The minimum absolute atomic E-state index is 0.0842. The van der Waals surface area contributed by atoms with Gasteiger partial charge in [-0.15, -0.1) is 0 Å². The van der Waals surface area contributed by atoms with Crippen molar-refractivity contribution in [2.45, 2.75) is 11.8 Å². The Hall–Kier alpha value is -1.28. The summed E-state index contributed by atoms with van der Waals surface area (Å²) in [5.74, 6) is 0. The van der Waals surface area contributed by atoms with Crippen molar-refractivity contribution in [2.75, 3.05) is 4.72 Å². The van der Waals surface area contributed by atoms with Crippen LogP contribution in [0.1, 0.15) is 5.56 Å². The molecule has 2 aromatic rings. The van der Waals surface area contributed by atoms with Gasteiger partial charge in [0.25, 0.3) is 15.6 Å². The SMILES string of the molecule is Cc1cc(Cl)nc(Cl)c1NS(=O)(=O)c1c[nH]c(=O)c(Cl)c1. The number of anilines is 1. The highest BCUT2D eigenvalue weighted by atomic mass is 35.5. The number of aromatic amines is 1. The van der Waals surface area contributed by atoms with Gasteiger partial charge in [-0.05, 0) is 24.6 Å². The molecule has 0 aliphatic carbocycles. The summed E-state index contributed by atoms with van der Waals surface area (Å²) < 4.78 is 26.8. The quantitative estimate of drug-likeness (QED) is 0.815. The first-order valence-corrected chi connectivity index (χ1v) is 8.06. The molecule has 0 unspecified atom stereocenters. The number of hydrogen-bond donors (Lipinski definition) is 2. The minimum Gasteiger partial charge on any atom is -0.326 e. The number of nitrogens with one attached hydrogen (secondary N) is 2. The Kier molecular flexibility index (Phi) is 4.48. The van der Waals surface area contributed by atoms with Crippen LogP contribution in [-0.2, 0) is 10.0 Å². The Labute approximate surface area is 135 Å². The molecular weight excluding hydrogens is 361 g/mol. The van der Waals surface area contributed by atoms with E-state index >= 15 is 0 Å². The van der Waals surface area contributed by atoms with Crippen LogP contribution in [0.5, 0.6) is 0 Å². The van der Waals surface area contributed by atoms with Crippen LogP contribution >= 0.6 is 34.8 Å². The minimum atomic E-state index is -3.98. The van der Waals surface area contributed by atoms with Gasteiger partial charge in [0, 0.05) is 6.20 Å². The van der Waals surface area contributed by atoms with Crippen LogP contribution < -0.4 is 10.3 Å². The largest absolute Gasteiger partial charge is 0.326 e. The van der Waals surface area contributed by atoms with Crippen LogP contribution in [0.15, 0.2) is 28.0 Å². The Balaban J connectivity index is 2.47. The molecule has 0 aliphatic heterocycles. The van der Waals surface area contributed by atoms with Crippen molar-refractivity contribution >= 4 is 50.5 Å². The summed E-state index contributed by atoms with van der Waals surface area (Å²) in [5, 5.41) is -0.179. The first kappa shape index (κ1) is 16.1. The molecule has 0 spiro atoms. The second kappa shape index (κ2) is 5.84. The molecule has 0 atom stereocenters. The second-order valence-electron chi connectivity index (χ2n) is 4.05. The summed E-state index contributed by atoms with van der Waals surface area (Å²) in [6.07, 6.45) is 1.03. The lowest BCUT2D eigenvalue weighted by atomic mass is 10.3. The third-order valence-corrected chi connectivity index (χ3v) is 4.60. The van der Waals surface area contributed by atoms with Crippen LogP contribution in [0.25, 0.3) is 0 Å². The van der Waals surface area contributed by atoms with E-state index in [1.807, 2.05) is 0 Å². The van der Waals surface area contributed by atoms with Crippen molar-refractivity contribution in [3.8, 4) is 0 Å². The average Bonchev–Trinajstić information content (AvgIpc) is 2.37. The van der Waals surface area contributed by atoms with Gasteiger partial charge in [-0.25, -0.2) is 13.4 Å². The monoisotopic (exact) mass is 367 g/mol. The van der Waals surface area contributed by atoms with Gasteiger partial charge in [-0.2, -0.15) is 0 Å². The summed E-state index contributed by atoms with van der Waals surface area (Å²) in [7, 11) is -3.98. The standard InChI is InChI=1S/C11H8Cl3N3O3S/c1-5-2-8(13)16-10(14)9(5)17-21(19,20)6-3-7(12)11(18)15-4-6/h2-4,17H,1H3,(H,15,18). The maximum Gasteiger partial charge on any atom is 0.266 e. The molecule has 0 fully saturated rings. The van der Waals surface area contributed by atoms with Gasteiger partial charge in [0.2, 0.25) is 0 Å². The highest BCUT2D eigenvalue weighted by molar-refractivity contribution is 7.92. The Morgan fingerprint density at radius 3 is 2.48 bits per heavy atom. The number of pyridine rings is 2. The van der Waals surface area contributed by atoms with E-state index in [1.165, 1.54) is 6.07 Å². The summed E-state index contributed by atoms with van der Waals surface area (Å²) in [5.41, 5.74) is 0.0143. The normalized spacial score (nSPS) is 11.4. The molecule has 2 rings (SSSR count). The van der Waals surface area contributed by atoms with Crippen molar-refractivity contribution in [1.82, 2.24) is 9.97 Å². The van der Waals surface area contributed by atoms with E-state index in [-0.39, 0.29) is 25.9 Å². The molecule has 0 amide bonds. The van der Waals surface area contributed by atoms with E-state index in [4.69, 9.17) is 34.8 Å². The molecule has 0 saturated heterocycles. The molecule has 0 radical (unpaired) electrons. The number of aromatic nitrogens is 2. The van der Waals surface area contributed by atoms with Crippen LogP contribution in [-0.4, -0.2) is 18.4 Å². The van der Waals surface area contributed by atoms with Crippen molar-refractivity contribution in [1.29, 1.82) is 0 Å². The molecule has 112 valence electrons. The van der Waals surface area contributed by atoms with E-state index in [0.717, 1.165) is 12.3 Å². The van der Waals surface area contributed by atoms with Crippen LogP contribution in [0, 0.1) is 6.92 Å². The highest BCUT2D eigenvalue weighted by Gasteiger charge is 2.19. The maximum atomic E-state index is 12.2. The fourth-order valence-electron chi connectivity index (χ4n) is 1.50. The molecule has 0 saturated carbocycles. The van der Waals surface area contributed by atoms with E-state index in [2.05, 4.69) is 14.7 Å². The first-order chi connectivity index (χ1) is 9.70. The zero-order valence-corrected chi connectivity index (χ0v) is 13.5. The first-order valence-electron chi connectivity index (χ1n) is 5.44. The molecule has 2 heterocycles. The zero-order chi connectivity index (χ0) is 15.8. The van der Waals surface area contributed by atoms with Gasteiger partial charge in [-0.1, -0.05) is 34.8 Å². The third kappa shape index (κ3) is 3.49. The van der Waals surface area contributed by atoms with Gasteiger partial charge in [0.05, 0.1) is 5.69 Å². The number of aryl methyl sites for hydroxylation is 1. The molecular formula is C11H8Cl3N3O3S. The van der Waals surface area contributed by atoms with Crippen LogP contribution in [0.2, 0.25) is 15.3 Å². The topological polar surface area (TPSA) is 91.9 Å².